The molecule has 1 aromatic rings. The third-order valence-corrected chi connectivity index (χ3v) is 4.37. The van der Waals surface area contributed by atoms with Gasteiger partial charge in [-0.25, -0.2) is 9.67 Å². The number of rotatable bonds is 4. The van der Waals surface area contributed by atoms with E-state index < -0.39 is 6.10 Å². The molecule has 3 heterocycles. The highest BCUT2D eigenvalue weighted by molar-refractivity contribution is 4.94. The van der Waals surface area contributed by atoms with Gasteiger partial charge in [-0.3, -0.25) is 4.90 Å². The Morgan fingerprint density at radius 3 is 3.15 bits per heavy atom. The molecule has 0 saturated carbocycles. The molecule has 0 aliphatic carbocycles. The number of hydrogen-bond acceptors (Lipinski definition) is 5. The van der Waals surface area contributed by atoms with Crippen LogP contribution in [0.15, 0.2) is 6.33 Å². The van der Waals surface area contributed by atoms with E-state index in [2.05, 4.69) is 28.8 Å². The zero-order valence-electron chi connectivity index (χ0n) is 12.3. The lowest BCUT2D eigenvalue weighted by Crippen LogP contribution is -2.51. The highest BCUT2D eigenvalue weighted by atomic mass is 16.5. The van der Waals surface area contributed by atoms with Gasteiger partial charge in [-0.1, -0.05) is 0 Å². The molecule has 3 atom stereocenters. The van der Waals surface area contributed by atoms with Crippen LogP contribution in [-0.2, 0) is 11.2 Å². The number of hydrogen-bond donors (Lipinski definition) is 1. The Labute approximate surface area is 119 Å². The summed E-state index contributed by atoms with van der Waals surface area (Å²) in [7, 11) is 0. The first-order chi connectivity index (χ1) is 9.65. The Kier molecular flexibility index (Phi) is 4.05. The number of ether oxygens (including phenoxy) is 1. The standard InChI is InChI=1S/C14H24N4O2/c1-10(2)18-14(15-9-16-18)6-12(19)13-7-17-5-3-4-11(17)8-20-13/h9-13,19H,3-8H2,1-2H3. The summed E-state index contributed by atoms with van der Waals surface area (Å²) < 4.78 is 7.72. The lowest BCUT2D eigenvalue weighted by molar-refractivity contribution is -0.102. The highest BCUT2D eigenvalue weighted by Gasteiger charge is 2.35. The minimum Gasteiger partial charge on any atom is -0.390 e. The van der Waals surface area contributed by atoms with Gasteiger partial charge in [-0.05, 0) is 33.2 Å². The predicted molar refractivity (Wildman–Crippen MR) is 74.5 cm³/mol. The molecule has 20 heavy (non-hydrogen) atoms. The zero-order chi connectivity index (χ0) is 14.1. The van der Waals surface area contributed by atoms with Crippen molar-refractivity contribution in [2.24, 2.45) is 0 Å². The minimum atomic E-state index is -0.516. The Morgan fingerprint density at radius 1 is 1.50 bits per heavy atom. The molecule has 2 saturated heterocycles. The number of aliphatic hydroxyl groups excluding tert-OH is 1. The summed E-state index contributed by atoms with van der Waals surface area (Å²) in [5.41, 5.74) is 0. The van der Waals surface area contributed by atoms with Gasteiger partial charge in [0.1, 0.15) is 12.2 Å². The van der Waals surface area contributed by atoms with Crippen molar-refractivity contribution in [3.05, 3.63) is 12.2 Å². The number of nitrogens with zero attached hydrogens (tertiary/aromatic N) is 4. The van der Waals surface area contributed by atoms with Crippen molar-refractivity contribution in [1.29, 1.82) is 0 Å². The second-order valence-corrected chi connectivity index (χ2v) is 6.15. The first-order valence-corrected chi connectivity index (χ1v) is 7.57. The topological polar surface area (TPSA) is 63.4 Å². The van der Waals surface area contributed by atoms with Crippen LogP contribution in [-0.4, -0.2) is 62.7 Å². The number of aromatic nitrogens is 3. The van der Waals surface area contributed by atoms with Crippen LogP contribution in [0.3, 0.4) is 0 Å². The van der Waals surface area contributed by atoms with E-state index in [0.717, 1.165) is 25.5 Å². The van der Waals surface area contributed by atoms with Gasteiger partial charge in [-0.2, -0.15) is 5.10 Å². The second-order valence-electron chi connectivity index (χ2n) is 6.15. The van der Waals surface area contributed by atoms with E-state index in [1.54, 1.807) is 6.33 Å². The fraction of sp³-hybridized carbons (Fsp3) is 0.857. The number of fused-ring (bicyclic) bond motifs is 1. The smallest absolute Gasteiger partial charge is 0.138 e. The summed E-state index contributed by atoms with van der Waals surface area (Å²) >= 11 is 0. The van der Waals surface area contributed by atoms with E-state index in [1.807, 2.05) is 4.68 Å². The monoisotopic (exact) mass is 280 g/mol. The predicted octanol–water partition coefficient (Wildman–Crippen LogP) is 0.626. The summed E-state index contributed by atoms with van der Waals surface area (Å²) in [6.45, 7) is 6.85. The minimum absolute atomic E-state index is 0.110. The van der Waals surface area contributed by atoms with Crippen LogP contribution >= 0.6 is 0 Å². The van der Waals surface area contributed by atoms with Crippen molar-refractivity contribution in [3.63, 3.8) is 0 Å². The number of aliphatic hydroxyl groups is 1. The van der Waals surface area contributed by atoms with Crippen LogP contribution in [0, 0.1) is 0 Å². The molecule has 1 N–H and O–H groups in total. The van der Waals surface area contributed by atoms with Crippen LogP contribution in [0.1, 0.15) is 38.6 Å². The van der Waals surface area contributed by atoms with Crippen molar-refractivity contribution >= 4 is 0 Å². The molecule has 2 aliphatic rings. The van der Waals surface area contributed by atoms with Gasteiger partial charge in [0.15, 0.2) is 0 Å². The molecule has 0 spiro atoms. The molecule has 2 fully saturated rings. The normalized spacial score (nSPS) is 28.8. The molecular weight excluding hydrogens is 256 g/mol. The van der Waals surface area contributed by atoms with Crippen LogP contribution in [0.25, 0.3) is 0 Å². The molecule has 0 bridgehead atoms. The highest BCUT2D eigenvalue weighted by Crippen LogP contribution is 2.24. The Bertz CT molecular complexity index is 448. The van der Waals surface area contributed by atoms with Gasteiger partial charge < -0.3 is 9.84 Å². The summed E-state index contributed by atoms with van der Waals surface area (Å²) in [6, 6.07) is 0.827. The maximum Gasteiger partial charge on any atom is 0.138 e. The van der Waals surface area contributed by atoms with Gasteiger partial charge in [-0.15, -0.1) is 0 Å². The van der Waals surface area contributed by atoms with Crippen molar-refractivity contribution in [2.45, 2.75) is 57.4 Å². The van der Waals surface area contributed by atoms with E-state index in [1.165, 1.54) is 12.8 Å². The van der Waals surface area contributed by atoms with Gasteiger partial charge in [0.05, 0.1) is 18.8 Å². The molecule has 0 amide bonds. The summed E-state index contributed by atoms with van der Waals surface area (Å²) in [5, 5.41) is 14.6. The molecule has 6 nitrogen and oxygen atoms in total. The summed E-state index contributed by atoms with van der Waals surface area (Å²) in [5.74, 6) is 0.833. The molecule has 112 valence electrons. The van der Waals surface area contributed by atoms with Crippen molar-refractivity contribution in [3.8, 4) is 0 Å². The van der Waals surface area contributed by atoms with Crippen LogP contribution in [0.4, 0.5) is 0 Å². The van der Waals surface area contributed by atoms with Crippen LogP contribution in [0.5, 0.6) is 0 Å². The summed E-state index contributed by atoms with van der Waals surface area (Å²) in [6.07, 6.45) is 3.91. The fourth-order valence-electron chi connectivity index (χ4n) is 3.25. The first-order valence-electron chi connectivity index (χ1n) is 7.57. The van der Waals surface area contributed by atoms with Gasteiger partial charge in [0.2, 0.25) is 0 Å². The van der Waals surface area contributed by atoms with Gasteiger partial charge in [0, 0.05) is 25.0 Å². The Morgan fingerprint density at radius 2 is 2.35 bits per heavy atom. The average Bonchev–Trinajstić information content (AvgIpc) is 3.05. The lowest BCUT2D eigenvalue weighted by atomic mass is 10.1. The molecule has 0 radical (unpaired) electrons. The molecule has 0 aromatic carbocycles. The SMILES string of the molecule is CC(C)n1ncnc1CC(O)C1CN2CCCC2CO1. The van der Waals surface area contributed by atoms with E-state index in [0.29, 0.717) is 12.5 Å². The van der Waals surface area contributed by atoms with E-state index in [4.69, 9.17) is 4.74 Å². The van der Waals surface area contributed by atoms with Crippen LogP contribution in [0.2, 0.25) is 0 Å². The third kappa shape index (κ3) is 2.73. The Hall–Kier alpha value is -0.980. The molecular formula is C14H24N4O2. The van der Waals surface area contributed by atoms with Crippen molar-refractivity contribution < 1.29 is 9.84 Å². The molecule has 2 aliphatic heterocycles. The van der Waals surface area contributed by atoms with E-state index >= 15 is 0 Å². The maximum atomic E-state index is 10.4. The van der Waals surface area contributed by atoms with Crippen molar-refractivity contribution in [1.82, 2.24) is 19.7 Å². The third-order valence-electron chi connectivity index (χ3n) is 4.37. The maximum absolute atomic E-state index is 10.4. The quantitative estimate of drug-likeness (QED) is 0.876. The molecule has 6 heteroatoms. The molecule has 3 rings (SSSR count). The largest absolute Gasteiger partial charge is 0.390 e. The Balaban J connectivity index is 1.61. The van der Waals surface area contributed by atoms with Gasteiger partial charge >= 0.3 is 0 Å². The van der Waals surface area contributed by atoms with E-state index in [-0.39, 0.29) is 12.1 Å². The molecule has 3 unspecified atom stereocenters. The second kappa shape index (κ2) is 5.79. The van der Waals surface area contributed by atoms with Crippen LogP contribution < -0.4 is 0 Å². The average molecular weight is 280 g/mol. The zero-order valence-corrected chi connectivity index (χ0v) is 12.3. The fourth-order valence-corrected chi connectivity index (χ4v) is 3.25. The number of morpholine rings is 1. The van der Waals surface area contributed by atoms with E-state index in [9.17, 15) is 5.11 Å². The first kappa shape index (κ1) is 14.0. The van der Waals surface area contributed by atoms with Gasteiger partial charge in [0.25, 0.3) is 0 Å². The van der Waals surface area contributed by atoms with Crippen molar-refractivity contribution in [2.75, 3.05) is 19.7 Å². The lowest BCUT2D eigenvalue weighted by Gasteiger charge is -2.37. The molecule has 1 aromatic heterocycles. The summed E-state index contributed by atoms with van der Waals surface area (Å²) in [4.78, 5) is 6.71.